The summed E-state index contributed by atoms with van der Waals surface area (Å²) >= 11 is 0. The molecule has 1 aliphatic heterocycles. The summed E-state index contributed by atoms with van der Waals surface area (Å²) in [7, 11) is 0. The first-order chi connectivity index (χ1) is 11.6. The molecule has 1 aliphatic rings. The van der Waals surface area contributed by atoms with Gasteiger partial charge in [-0.05, 0) is 39.5 Å². The molecule has 1 fully saturated rings. The predicted molar refractivity (Wildman–Crippen MR) is 98.6 cm³/mol. The van der Waals surface area contributed by atoms with Gasteiger partial charge in [0.25, 0.3) is 0 Å². The molecule has 0 aliphatic carbocycles. The van der Waals surface area contributed by atoms with Gasteiger partial charge in [0.2, 0.25) is 0 Å². The van der Waals surface area contributed by atoms with Crippen molar-refractivity contribution >= 4 is 5.96 Å². The Morgan fingerprint density at radius 3 is 2.67 bits per heavy atom. The topological polar surface area (TPSA) is 64.1 Å². The molecular formula is C18H37N3O3. The Morgan fingerprint density at radius 2 is 2.08 bits per heavy atom. The van der Waals surface area contributed by atoms with Crippen LogP contribution in [0, 0.1) is 5.92 Å². The van der Waals surface area contributed by atoms with Gasteiger partial charge in [-0.2, -0.15) is 0 Å². The van der Waals surface area contributed by atoms with Crippen molar-refractivity contribution in [3.05, 3.63) is 0 Å². The summed E-state index contributed by atoms with van der Waals surface area (Å²) in [6.07, 6.45) is 2.44. The third-order valence-corrected chi connectivity index (χ3v) is 4.01. The van der Waals surface area contributed by atoms with Crippen molar-refractivity contribution in [2.75, 3.05) is 39.5 Å². The van der Waals surface area contributed by atoms with Crippen LogP contribution in [0.4, 0.5) is 0 Å². The Balaban J connectivity index is 2.36. The fraction of sp³-hybridized carbons (Fsp3) is 0.944. The lowest BCUT2D eigenvalue weighted by Gasteiger charge is -2.21. The molecule has 1 rings (SSSR count). The number of nitrogens with one attached hydrogen (secondary N) is 2. The van der Waals surface area contributed by atoms with Crippen molar-refractivity contribution in [2.24, 2.45) is 10.9 Å². The van der Waals surface area contributed by atoms with E-state index in [0.717, 1.165) is 51.7 Å². The highest BCUT2D eigenvalue weighted by Gasteiger charge is 2.17. The van der Waals surface area contributed by atoms with Gasteiger partial charge in [-0.3, -0.25) is 4.99 Å². The Hall–Kier alpha value is -0.850. The molecule has 0 amide bonds. The van der Waals surface area contributed by atoms with Crippen molar-refractivity contribution in [1.29, 1.82) is 0 Å². The van der Waals surface area contributed by atoms with Gasteiger partial charge in [0.15, 0.2) is 5.96 Å². The summed E-state index contributed by atoms with van der Waals surface area (Å²) in [5.74, 6) is 1.35. The summed E-state index contributed by atoms with van der Waals surface area (Å²) in [4.78, 5) is 4.67. The minimum absolute atomic E-state index is 0.205. The first-order valence-corrected chi connectivity index (χ1v) is 9.42. The highest BCUT2D eigenvalue weighted by atomic mass is 16.5. The quantitative estimate of drug-likeness (QED) is 0.445. The van der Waals surface area contributed by atoms with Crippen LogP contribution in [0.15, 0.2) is 4.99 Å². The van der Waals surface area contributed by atoms with Gasteiger partial charge in [-0.1, -0.05) is 13.8 Å². The van der Waals surface area contributed by atoms with Gasteiger partial charge >= 0.3 is 0 Å². The smallest absolute Gasteiger partial charge is 0.191 e. The second-order valence-corrected chi connectivity index (χ2v) is 6.65. The molecular weight excluding hydrogens is 306 g/mol. The normalized spacial score (nSPS) is 21.1. The minimum atomic E-state index is 0.205. The Labute approximate surface area is 147 Å². The fourth-order valence-electron chi connectivity index (χ4n) is 2.65. The second-order valence-electron chi connectivity index (χ2n) is 6.65. The van der Waals surface area contributed by atoms with Crippen molar-refractivity contribution in [3.63, 3.8) is 0 Å². The summed E-state index contributed by atoms with van der Waals surface area (Å²) < 4.78 is 17.0. The zero-order valence-corrected chi connectivity index (χ0v) is 16.1. The van der Waals surface area contributed by atoms with E-state index in [9.17, 15) is 0 Å². The van der Waals surface area contributed by atoms with Crippen LogP contribution in [0.3, 0.4) is 0 Å². The van der Waals surface area contributed by atoms with Crippen LogP contribution in [0.5, 0.6) is 0 Å². The molecule has 24 heavy (non-hydrogen) atoms. The molecule has 0 aromatic carbocycles. The molecule has 142 valence electrons. The fourth-order valence-corrected chi connectivity index (χ4v) is 2.65. The molecule has 0 aromatic heterocycles. The first kappa shape index (κ1) is 21.2. The van der Waals surface area contributed by atoms with E-state index in [4.69, 9.17) is 14.2 Å². The Morgan fingerprint density at radius 1 is 1.29 bits per heavy atom. The molecule has 0 radical (unpaired) electrons. The van der Waals surface area contributed by atoms with E-state index < -0.39 is 0 Å². The maximum atomic E-state index is 5.86. The zero-order valence-electron chi connectivity index (χ0n) is 16.1. The lowest BCUT2D eigenvalue weighted by atomic mass is 10.0. The average Bonchev–Trinajstić information content (AvgIpc) is 3.05. The van der Waals surface area contributed by atoms with E-state index >= 15 is 0 Å². The molecule has 6 heteroatoms. The third kappa shape index (κ3) is 8.85. The summed E-state index contributed by atoms with van der Waals surface area (Å²) in [6.45, 7) is 15.2. The standard InChI is InChI=1S/C18H37N3O3/c1-6-19-18(20-10-8-17(14(3)4)23-7-2)21-15(5)12-24-16-9-11-22-13-16/h14-17H,6-13H2,1-5H3,(H2,19,20,21). The van der Waals surface area contributed by atoms with E-state index in [1.54, 1.807) is 0 Å². The van der Waals surface area contributed by atoms with Gasteiger partial charge in [-0.15, -0.1) is 0 Å². The number of hydrogen-bond acceptors (Lipinski definition) is 4. The first-order valence-electron chi connectivity index (χ1n) is 9.42. The largest absolute Gasteiger partial charge is 0.379 e. The van der Waals surface area contributed by atoms with Crippen LogP contribution < -0.4 is 10.6 Å². The van der Waals surface area contributed by atoms with Crippen molar-refractivity contribution < 1.29 is 14.2 Å². The molecule has 2 N–H and O–H groups in total. The minimum Gasteiger partial charge on any atom is -0.379 e. The van der Waals surface area contributed by atoms with Gasteiger partial charge in [-0.25, -0.2) is 0 Å². The van der Waals surface area contributed by atoms with E-state index in [0.29, 0.717) is 12.5 Å². The Kier molecular flexibility index (Phi) is 11.0. The van der Waals surface area contributed by atoms with Crippen LogP contribution >= 0.6 is 0 Å². The van der Waals surface area contributed by atoms with E-state index in [2.05, 4.69) is 43.3 Å². The number of nitrogens with zero attached hydrogens (tertiary/aromatic N) is 1. The van der Waals surface area contributed by atoms with Crippen LogP contribution in [0.25, 0.3) is 0 Å². The lowest BCUT2D eigenvalue weighted by molar-refractivity contribution is 0.0266. The predicted octanol–water partition coefficient (Wildman–Crippen LogP) is 2.19. The third-order valence-electron chi connectivity index (χ3n) is 4.01. The molecule has 3 unspecified atom stereocenters. The van der Waals surface area contributed by atoms with E-state index in [-0.39, 0.29) is 18.2 Å². The van der Waals surface area contributed by atoms with Crippen LogP contribution in [-0.4, -0.2) is 63.7 Å². The molecule has 0 spiro atoms. The monoisotopic (exact) mass is 343 g/mol. The van der Waals surface area contributed by atoms with Crippen LogP contribution in [0.1, 0.15) is 47.5 Å². The van der Waals surface area contributed by atoms with Crippen molar-refractivity contribution in [1.82, 2.24) is 10.6 Å². The van der Waals surface area contributed by atoms with E-state index in [1.807, 2.05) is 6.92 Å². The molecule has 1 saturated heterocycles. The maximum Gasteiger partial charge on any atom is 0.191 e. The number of ether oxygens (including phenoxy) is 3. The molecule has 0 saturated carbocycles. The highest BCUT2D eigenvalue weighted by molar-refractivity contribution is 5.80. The number of guanidine groups is 1. The average molecular weight is 344 g/mol. The maximum absolute atomic E-state index is 5.86. The molecule has 6 nitrogen and oxygen atoms in total. The van der Waals surface area contributed by atoms with Gasteiger partial charge in [0, 0.05) is 32.3 Å². The lowest BCUT2D eigenvalue weighted by Crippen LogP contribution is -2.44. The number of aliphatic imine (C=N–C) groups is 1. The van der Waals surface area contributed by atoms with Crippen molar-refractivity contribution in [3.8, 4) is 0 Å². The zero-order chi connectivity index (χ0) is 17.8. The number of hydrogen-bond donors (Lipinski definition) is 2. The highest BCUT2D eigenvalue weighted by Crippen LogP contribution is 2.11. The van der Waals surface area contributed by atoms with Crippen LogP contribution in [0.2, 0.25) is 0 Å². The molecule has 1 heterocycles. The summed E-state index contributed by atoms with van der Waals surface area (Å²) in [6, 6.07) is 0.205. The van der Waals surface area contributed by atoms with Crippen LogP contribution in [-0.2, 0) is 14.2 Å². The van der Waals surface area contributed by atoms with Gasteiger partial charge in [0.1, 0.15) is 0 Å². The number of rotatable bonds is 11. The van der Waals surface area contributed by atoms with Gasteiger partial charge in [0.05, 0.1) is 25.4 Å². The SMILES string of the molecule is CCNC(=NCCC(OCC)C(C)C)NC(C)COC1CCOC1. The van der Waals surface area contributed by atoms with Crippen molar-refractivity contribution in [2.45, 2.75) is 65.7 Å². The molecule has 3 atom stereocenters. The Bertz CT molecular complexity index is 344. The summed E-state index contributed by atoms with van der Waals surface area (Å²) in [5.41, 5.74) is 0. The molecule has 0 bridgehead atoms. The summed E-state index contributed by atoms with van der Waals surface area (Å²) in [5, 5.41) is 6.70. The molecule has 0 aromatic rings. The van der Waals surface area contributed by atoms with E-state index in [1.165, 1.54) is 0 Å². The second kappa shape index (κ2) is 12.5. The van der Waals surface area contributed by atoms with Gasteiger partial charge < -0.3 is 24.8 Å².